The maximum atomic E-state index is 10.6. The Labute approximate surface area is 160 Å². The first kappa shape index (κ1) is 21.0. The normalized spacial score (nSPS) is 15.5. The topological polar surface area (TPSA) is 107 Å². The van der Waals surface area contributed by atoms with Crippen LogP contribution in [0.1, 0.15) is 20.3 Å². The van der Waals surface area contributed by atoms with E-state index in [1.165, 1.54) is 0 Å². The fraction of sp³-hybridized carbons (Fsp3) is 0.471. The van der Waals surface area contributed by atoms with Crippen LogP contribution in [0.2, 0.25) is 0 Å². The lowest BCUT2D eigenvalue weighted by molar-refractivity contribution is 0.274. The Morgan fingerprint density at radius 1 is 1.30 bits per heavy atom. The van der Waals surface area contributed by atoms with E-state index in [0.717, 1.165) is 30.0 Å². The van der Waals surface area contributed by atoms with Gasteiger partial charge in [0.15, 0.2) is 5.82 Å². The van der Waals surface area contributed by atoms with E-state index in [4.69, 9.17) is 4.55 Å². The second-order valence-electron chi connectivity index (χ2n) is 6.03. The van der Waals surface area contributed by atoms with Gasteiger partial charge in [-0.3, -0.25) is 9.55 Å². The van der Waals surface area contributed by atoms with Crippen molar-refractivity contribution in [3.8, 4) is 0 Å². The van der Waals surface area contributed by atoms with Gasteiger partial charge in [0.1, 0.15) is 0 Å². The van der Waals surface area contributed by atoms with E-state index < -0.39 is 10.4 Å². The first-order valence-electron chi connectivity index (χ1n) is 8.61. The van der Waals surface area contributed by atoms with Crippen molar-refractivity contribution in [3.05, 3.63) is 35.7 Å². The molecule has 0 fully saturated rings. The highest BCUT2D eigenvalue weighted by atomic mass is 32.3. The molecule has 1 aromatic carbocycles. The molecule has 0 saturated heterocycles. The number of hydrogen-bond donors (Lipinski definition) is 1. The Morgan fingerprint density at radius 3 is 2.63 bits per heavy atom. The van der Waals surface area contributed by atoms with Crippen LogP contribution in [0.3, 0.4) is 0 Å². The number of anilines is 1. The van der Waals surface area contributed by atoms with Crippen LogP contribution < -0.4 is 4.90 Å². The summed E-state index contributed by atoms with van der Waals surface area (Å²) in [5, 5.41) is 8.66. The lowest BCUT2D eigenvalue weighted by Gasteiger charge is -2.22. The summed E-state index contributed by atoms with van der Waals surface area (Å²) in [5.74, 6) is 0.790. The summed E-state index contributed by atoms with van der Waals surface area (Å²) in [4.78, 5) is 8.06. The van der Waals surface area contributed by atoms with Gasteiger partial charge in [0.05, 0.1) is 18.6 Å². The van der Waals surface area contributed by atoms with E-state index >= 15 is 0 Å². The summed E-state index contributed by atoms with van der Waals surface area (Å²) in [6.07, 6.45) is 2.60. The molecule has 9 nitrogen and oxygen atoms in total. The first-order valence-corrected chi connectivity index (χ1v) is 9.98. The molecule has 10 heteroatoms. The molecule has 1 heterocycles. The van der Waals surface area contributed by atoms with Crippen LogP contribution in [0.4, 0.5) is 11.4 Å². The highest BCUT2D eigenvalue weighted by molar-refractivity contribution is 7.80. The average Bonchev–Trinajstić information content (AvgIpc) is 2.77. The smallest absolute Gasteiger partial charge is 0.369 e. The summed E-state index contributed by atoms with van der Waals surface area (Å²) >= 11 is 0. The molecule has 0 atom stereocenters. The molecule has 1 N–H and O–H groups in total. The van der Waals surface area contributed by atoms with Gasteiger partial charge in [0.2, 0.25) is 0 Å². The minimum atomic E-state index is -4.42. The molecule has 0 aromatic heterocycles. The van der Waals surface area contributed by atoms with Crippen LogP contribution in [0.25, 0.3) is 0 Å². The second kappa shape index (κ2) is 9.58. The minimum absolute atomic E-state index is 0.130. The summed E-state index contributed by atoms with van der Waals surface area (Å²) in [7, 11) is -2.53. The van der Waals surface area contributed by atoms with Crippen molar-refractivity contribution < 1.29 is 17.2 Å². The van der Waals surface area contributed by atoms with Crippen molar-refractivity contribution in [2.75, 3.05) is 38.2 Å². The van der Waals surface area contributed by atoms with Crippen LogP contribution in [0.15, 0.2) is 50.9 Å². The first-order chi connectivity index (χ1) is 12.8. The fourth-order valence-corrected chi connectivity index (χ4v) is 2.88. The zero-order chi connectivity index (χ0) is 19.9. The number of hydrogen-bond acceptors (Lipinski definition) is 8. The van der Waals surface area contributed by atoms with Gasteiger partial charge in [-0.05, 0) is 50.1 Å². The van der Waals surface area contributed by atoms with E-state index in [0.29, 0.717) is 18.8 Å². The summed E-state index contributed by atoms with van der Waals surface area (Å²) in [6.45, 7) is 5.57. The van der Waals surface area contributed by atoms with Crippen LogP contribution in [0.5, 0.6) is 0 Å². The molecular weight excluding hydrogens is 370 g/mol. The third kappa shape index (κ3) is 6.74. The minimum Gasteiger partial charge on any atom is -0.369 e. The maximum absolute atomic E-state index is 10.6. The fourth-order valence-electron chi connectivity index (χ4n) is 2.59. The molecule has 1 aliphatic heterocycles. The van der Waals surface area contributed by atoms with Crippen molar-refractivity contribution >= 4 is 28.1 Å². The Kier molecular flexibility index (Phi) is 7.45. The van der Waals surface area contributed by atoms with Gasteiger partial charge < -0.3 is 9.80 Å². The third-order valence-electron chi connectivity index (χ3n) is 4.04. The van der Waals surface area contributed by atoms with Crippen LogP contribution in [-0.4, -0.2) is 57.5 Å². The van der Waals surface area contributed by atoms with Gasteiger partial charge in [0.25, 0.3) is 0 Å². The molecule has 1 aromatic rings. The molecule has 0 radical (unpaired) electrons. The van der Waals surface area contributed by atoms with Gasteiger partial charge in [-0.2, -0.15) is 8.42 Å². The monoisotopic (exact) mass is 395 g/mol. The van der Waals surface area contributed by atoms with Crippen LogP contribution >= 0.6 is 0 Å². The summed E-state index contributed by atoms with van der Waals surface area (Å²) in [6, 6.07) is 7.44. The third-order valence-corrected chi connectivity index (χ3v) is 4.50. The SMILES string of the molecule is CCN(CCOS(=O)(=O)O)c1ccc(N=NC2=C(C)CCN=CN2C)cc1. The molecular formula is C17H25N5O4S. The Bertz CT molecular complexity index is 818. The lowest BCUT2D eigenvalue weighted by atomic mass is 10.2. The highest BCUT2D eigenvalue weighted by Gasteiger charge is 2.10. The van der Waals surface area contributed by atoms with Gasteiger partial charge in [-0.1, -0.05) is 0 Å². The molecule has 0 spiro atoms. The molecule has 0 saturated carbocycles. The van der Waals surface area contributed by atoms with Gasteiger partial charge in [-0.25, -0.2) is 4.18 Å². The number of rotatable bonds is 8. The van der Waals surface area contributed by atoms with E-state index in [1.54, 1.807) is 6.34 Å². The van der Waals surface area contributed by atoms with E-state index in [1.807, 2.05) is 55.0 Å². The second-order valence-corrected chi connectivity index (χ2v) is 7.12. The molecule has 148 valence electrons. The number of azo groups is 1. The zero-order valence-electron chi connectivity index (χ0n) is 15.7. The molecule has 1 aliphatic rings. The highest BCUT2D eigenvalue weighted by Crippen LogP contribution is 2.22. The van der Waals surface area contributed by atoms with Gasteiger partial charge >= 0.3 is 10.4 Å². The zero-order valence-corrected chi connectivity index (χ0v) is 16.6. The lowest BCUT2D eigenvalue weighted by Crippen LogP contribution is -2.27. The maximum Gasteiger partial charge on any atom is 0.397 e. The Morgan fingerprint density at radius 2 is 2.00 bits per heavy atom. The van der Waals surface area contributed by atoms with Crippen molar-refractivity contribution in [1.82, 2.24) is 4.90 Å². The summed E-state index contributed by atoms with van der Waals surface area (Å²) in [5.41, 5.74) is 2.73. The standard InChI is InChI=1S/C17H25N5O4S/c1-4-22(11-12-26-27(23,24)25)16-7-5-15(6-8-16)19-20-17-14(2)9-10-18-13-21(17)3/h5-8,13H,4,9-12H2,1-3H3,(H,23,24,25). The number of aliphatic imine (C=N–C) groups is 1. The van der Waals surface area contributed by atoms with E-state index in [9.17, 15) is 8.42 Å². The quantitative estimate of drug-likeness (QED) is 0.535. The van der Waals surface area contributed by atoms with Crippen molar-refractivity contribution in [2.24, 2.45) is 15.2 Å². The molecule has 27 heavy (non-hydrogen) atoms. The number of nitrogens with zero attached hydrogens (tertiary/aromatic N) is 5. The van der Waals surface area contributed by atoms with E-state index in [2.05, 4.69) is 19.4 Å². The van der Waals surface area contributed by atoms with Crippen LogP contribution in [0, 0.1) is 0 Å². The molecule has 0 bridgehead atoms. The average molecular weight is 395 g/mol. The Hall–Kier alpha value is -2.30. The van der Waals surface area contributed by atoms with Crippen molar-refractivity contribution in [1.29, 1.82) is 0 Å². The number of benzene rings is 1. The Balaban J connectivity index is 2.04. The number of likely N-dealkylation sites (N-methyl/N-ethyl adjacent to an activating group) is 1. The molecule has 0 unspecified atom stereocenters. The van der Waals surface area contributed by atoms with Gasteiger partial charge in [0, 0.05) is 32.4 Å². The molecule has 0 aliphatic carbocycles. The predicted molar refractivity (Wildman–Crippen MR) is 105 cm³/mol. The van der Waals surface area contributed by atoms with E-state index in [-0.39, 0.29) is 6.61 Å². The largest absolute Gasteiger partial charge is 0.397 e. The molecule has 2 rings (SSSR count). The van der Waals surface area contributed by atoms with Crippen molar-refractivity contribution in [3.63, 3.8) is 0 Å². The van der Waals surface area contributed by atoms with Crippen LogP contribution in [-0.2, 0) is 14.6 Å². The predicted octanol–water partition coefficient (Wildman–Crippen LogP) is 3.01. The van der Waals surface area contributed by atoms with Crippen molar-refractivity contribution in [2.45, 2.75) is 20.3 Å². The molecule has 0 amide bonds. The van der Waals surface area contributed by atoms with Gasteiger partial charge in [-0.15, -0.1) is 10.2 Å². The summed E-state index contributed by atoms with van der Waals surface area (Å²) < 4.78 is 34.3.